The number of carboxylic acids is 1. The van der Waals surface area contributed by atoms with Crippen molar-refractivity contribution in [3.8, 4) is 0 Å². The lowest BCUT2D eigenvalue weighted by atomic mass is 10.0. The van der Waals surface area contributed by atoms with Crippen molar-refractivity contribution in [1.82, 2.24) is 10.6 Å². The monoisotopic (exact) mass is 354 g/mol. The molecule has 136 valence electrons. The van der Waals surface area contributed by atoms with Crippen LogP contribution in [0.3, 0.4) is 0 Å². The van der Waals surface area contributed by atoms with Crippen LogP contribution in [0, 0.1) is 0 Å². The van der Waals surface area contributed by atoms with E-state index in [9.17, 15) is 14.4 Å². The Labute approximate surface area is 152 Å². The molecule has 0 fully saturated rings. The minimum absolute atomic E-state index is 0.184. The fourth-order valence-corrected chi connectivity index (χ4v) is 2.55. The molecule has 2 aromatic rings. The Hall–Kier alpha value is -3.15. The third-order valence-electron chi connectivity index (χ3n) is 3.81. The molecule has 0 aliphatic rings. The molecular weight excluding hydrogens is 332 g/mol. The first-order valence-corrected chi connectivity index (χ1v) is 8.37. The summed E-state index contributed by atoms with van der Waals surface area (Å²) in [5.74, 6) is -1.76. The fraction of sp³-hybridized carbons (Fsp3) is 0.250. The predicted octanol–water partition coefficient (Wildman–Crippen LogP) is 2.01. The quantitative estimate of drug-likeness (QED) is 0.676. The summed E-state index contributed by atoms with van der Waals surface area (Å²) in [5.41, 5.74) is 1.35. The van der Waals surface area contributed by atoms with Gasteiger partial charge in [0.1, 0.15) is 6.04 Å². The second kappa shape index (κ2) is 9.36. The van der Waals surface area contributed by atoms with Gasteiger partial charge in [-0.05, 0) is 24.6 Å². The Bertz CT molecular complexity index is 747. The number of nitrogens with one attached hydrogen (secondary N) is 2. The van der Waals surface area contributed by atoms with E-state index in [2.05, 4.69) is 10.6 Å². The normalized spacial score (nSPS) is 12.7. The zero-order chi connectivity index (χ0) is 18.9. The van der Waals surface area contributed by atoms with Gasteiger partial charge in [-0.15, -0.1) is 0 Å². The van der Waals surface area contributed by atoms with E-state index in [4.69, 9.17) is 5.11 Å². The second-order valence-corrected chi connectivity index (χ2v) is 6.09. The fourth-order valence-electron chi connectivity index (χ4n) is 2.55. The number of benzene rings is 2. The van der Waals surface area contributed by atoms with Gasteiger partial charge in [0, 0.05) is 18.0 Å². The molecule has 2 atom stereocenters. The summed E-state index contributed by atoms with van der Waals surface area (Å²) in [4.78, 5) is 35.8. The number of carboxylic acid groups (broad SMARTS) is 1. The average Bonchev–Trinajstić information content (AvgIpc) is 2.62. The number of carbonyl (C=O) groups excluding carboxylic acids is 2. The van der Waals surface area contributed by atoms with E-state index < -0.39 is 24.0 Å². The van der Waals surface area contributed by atoms with Crippen LogP contribution in [-0.4, -0.2) is 35.0 Å². The molecule has 0 heterocycles. The molecule has 2 amide bonds. The first kappa shape index (κ1) is 19.2. The van der Waals surface area contributed by atoms with E-state index in [1.54, 1.807) is 37.3 Å². The molecule has 2 unspecified atom stereocenters. The van der Waals surface area contributed by atoms with Gasteiger partial charge < -0.3 is 15.7 Å². The van der Waals surface area contributed by atoms with Gasteiger partial charge >= 0.3 is 5.97 Å². The average molecular weight is 354 g/mol. The summed E-state index contributed by atoms with van der Waals surface area (Å²) in [5, 5.41) is 14.2. The SMILES string of the molecule is CC(CC(=O)O)NC(=O)C(Cc1ccccc1)NC(=O)c1ccccc1. The molecule has 2 rings (SSSR count). The number of aliphatic carboxylic acids is 1. The third-order valence-corrected chi connectivity index (χ3v) is 3.81. The van der Waals surface area contributed by atoms with E-state index in [0.717, 1.165) is 5.56 Å². The van der Waals surface area contributed by atoms with Crippen LogP contribution in [0.2, 0.25) is 0 Å². The molecule has 3 N–H and O–H groups in total. The number of carbonyl (C=O) groups is 3. The Morgan fingerprint density at radius 3 is 2.08 bits per heavy atom. The van der Waals surface area contributed by atoms with Gasteiger partial charge in [0.15, 0.2) is 0 Å². The van der Waals surface area contributed by atoms with Gasteiger partial charge in [-0.1, -0.05) is 48.5 Å². The Morgan fingerprint density at radius 2 is 1.50 bits per heavy atom. The molecular formula is C20H22N2O4. The van der Waals surface area contributed by atoms with E-state index in [-0.39, 0.29) is 12.3 Å². The third kappa shape index (κ3) is 6.05. The minimum atomic E-state index is -0.995. The molecule has 6 nitrogen and oxygen atoms in total. The van der Waals surface area contributed by atoms with Crippen LogP contribution in [0.1, 0.15) is 29.3 Å². The van der Waals surface area contributed by atoms with Crippen molar-refractivity contribution in [2.75, 3.05) is 0 Å². The first-order chi connectivity index (χ1) is 12.5. The molecule has 0 saturated carbocycles. The molecule has 0 spiro atoms. The lowest BCUT2D eigenvalue weighted by molar-refractivity contribution is -0.137. The summed E-state index contributed by atoms with van der Waals surface area (Å²) < 4.78 is 0. The number of amides is 2. The molecule has 0 aromatic heterocycles. The van der Waals surface area contributed by atoms with Crippen LogP contribution in [-0.2, 0) is 16.0 Å². The molecule has 0 aliphatic heterocycles. The van der Waals surface area contributed by atoms with Gasteiger partial charge in [0.05, 0.1) is 6.42 Å². The molecule has 0 bridgehead atoms. The van der Waals surface area contributed by atoms with Gasteiger partial charge in [0.2, 0.25) is 5.91 Å². The van der Waals surface area contributed by atoms with E-state index in [1.807, 2.05) is 30.3 Å². The molecule has 0 aliphatic carbocycles. The van der Waals surface area contributed by atoms with Gasteiger partial charge in [-0.2, -0.15) is 0 Å². The predicted molar refractivity (Wildman–Crippen MR) is 97.7 cm³/mol. The zero-order valence-electron chi connectivity index (χ0n) is 14.5. The molecule has 0 radical (unpaired) electrons. The van der Waals surface area contributed by atoms with Crippen molar-refractivity contribution in [3.05, 3.63) is 71.8 Å². The van der Waals surface area contributed by atoms with Crippen LogP contribution in [0.4, 0.5) is 0 Å². The Balaban J connectivity index is 2.11. The Morgan fingerprint density at radius 1 is 0.923 bits per heavy atom. The summed E-state index contributed by atoms with van der Waals surface area (Å²) in [7, 11) is 0. The van der Waals surface area contributed by atoms with Crippen LogP contribution in [0.5, 0.6) is 0 Å². The van der Waals surface area contributed by atoms with E-state index in [0.29, 0.717) is 12.0 Å². The molecule has 2 aromatic carbocycles. The smallest absolute Gasteiger partial charge is 0.305 e. The van der Waals surface area contributed by atoms with Crippen LogP contribution in [0.15, 0.2) is 60.7 Å². The minimum Gasteiger partial charge on any atom is -0.481 e. The van der Waals surface area contributed by atoms with E-state index >= 15 is 0 Å². The van der Waals surface area contributed by atoms with E-state index in [1.165, 1.54) is 0 Å². The number of hydrogen-bond donors (Lipinski definition) is 3. The van der Waals surface area contributed by atoms with Crippen molar-refractivity contribution in [2.45, 2.75) is 31.8 Å². The second-order valence-electron chi connectivity index (χ2n) is 6.09. The topological polar surface area (TPSA) is 95.5 Å². The summed E-state index contributed by atoms with van der Waals surface area (Å²) in [6, 6.07) is 16.6. The summed E-state index contributed by atoms with van der Waals surface area (Å²) >= 11 is 0. The van der Waals surface area contributed by atoms with Crippen molar-refractivity contribution in [3.63, 3.8) is 0 Å². The summed E-state index contributed by atoms with van der Waals surface area (Å²) in [6.45, 7) is 1.62. The number of hydrogen-bond acceptors (Lipinski definition) is 3. The Kier molecular flexibility index (Phi) is 6.91. The largest absolute Gasteiger partial charge is 0.481 e. The standard InChI is InChI=1S/C20H22N2O4/c1-14(12-18(23)24)21-20(26)17(13-15-8-4-2-5-9-15)22-19(25)16-10-6-3-7-11-16/h2-11,14,17H,12-13H2,1H3,(H,21,26)(H,22,25)(H,23,24). The lowest BCUT2D eigenvalue weighted by Crippen LogP contribution is -2.50. The molecule has 0 saturated heterocycles. The maximum Gasteiger partial charge on any atom is 0.305 e. The van der Waals surface area contributed by atoms with Gasteiger partial charge in [-0.25, -0.2) is 0 Å². The molecule has 6 heteroatoms. The molecule has 26 heavy (non-hydrogen) atoms. The van der Waals surface area contributed by atoms with Crippen molar-refractivity contribution < 1.29 is 19.5 Å². The van der Waals surface area contributed by atoms with Crippen molar-refractivity contribution >= 4 is 17.8 Å². The van der Waals surface area contributed by atoms with Crippen LogP contribution >= 0.6 is 0 Å². The highest BCUT2D eigenvalue weighted by Crippen LogP contribution is 2.06. The van der Waals surface area contributed by atoms with Crippen LogP contribution in [0.25, 0.3) is 0 Å². The highest BCUT2D eigenvalue weighted by Gasteiger charge is 2.23. The zero-order valence-corrected chi connectivity index (χ0v) is 14.5. The van der Waals surface area contributed by atoms with Crippen molar-refractivity contribution in [1.29, 1.82) is 0 Å². The first-order valence-electron chi connectivity index (χ1n) is 8.37. The van der Waals surface area contributed by atoms with Gasteiger partial charge in [0.25, 0.3) is 5.91 Å². The van der Waals surface area contributed by atoms with Gasteiger partial charge in [-0.3, -0.25) is 14.4 Å². The maximum atomic E-state index is 12.6. The van der Waals surface area contributed by atoms with Crippen LogP contribution < -0.4 is 10.6 Å². The summed E-state index contributed by atoms with van der Waals surface area (Å²) in [6.07, 6.45) is 0.126. The maximum absolute atomic E-state index is 12.6. The highest BCUT2D eigenvalue weighted by molar-refractivity contribution is 5.97. The van der Waals surface area contributed by atoms with Crippen molar-refractivity contribution in [2.24, 2.45) is 0 Å². The highest BCUT2D eigenvalue weighted by atomic mass is 16.4. The lowest BCUT2D eigenvalue weighted by Gasteiger charge is -2.21. The number of rotatable bonds is 8.